The Morgan fingerprint density at radius 3 is 3.00 bits per heavy atom. The number of hydrogen-bond acceptors (Lipinski definition) is 3. The summed E-state index contributed by atoms with van der Waals surface area (Å²) >= 11 is 0. The van der Waals surface area contributed by atoms with Gasteiger partial charge in [0.1, 0.15) is 0 Å². The molecule has 0 saturated carbocycles. The number of halogens is 1. The van der Waals surface area contributed by atoms with Gasteiger partial charge in [-0.1, -0.05) is 18.2 Å². The number of aromatic amines is 1. The first kappa shape index (κ1) is 15.2. The molecule has 0 spiro atoms. The van der Waals surface area contributed by atoms with Gasteiger partial charge in [0, 0.05) is 37.2 Å². The Kier molecular flexibility index (Phi) is 4.91. The molecule has 2 heterocycles. The molecule has 1 aromatic heterocycles. The second-order valence-electron chi connectivity index (χ2n) is 5.12. The third kappa shape index (κ3) is 2.92. The summed E-state index contributed by atoms with van der Waals surface area (Å²) in [5.41, 5.74) is 3.93. The molecule has 1 aliphatic rings. The number of guanidine groups is 1. The summed E-state index contributed by atoms with van der Waals surface area (Å²) in [5.74, 6) is 1.02. The Labute approximate surface area is 136 Å². The van der Waals surface area contributed by atoms with E-state index in [0.717, 1.165) is 32.0 Å². The fourth-order valence-electron chi connectivity index (χ4n) is 2.60. The first-order valence-corrected chi connectivity index (χ1v) is 6.81. The smallest absolute Gasteiger partial charge is 0.193 e. The van der Waals surface area contributed by atoms with E-state index >= 15 is 0 Å². The van der Waals surface area contributed by atoms with Crippen LogP contribution in [0.25, 0.3) is 10.9 Å². The van der Waals surface area contributed by atoms with Crippen molar-refractivity contribution >= 4 is 40.8 Å². The summed E-state index contributed by atoms with van der Waals surface area (Å²) in [6.45, 7) is 4.99. The van der Waals surface area contributed by atoms with Crippen LogP contribution in [0.1, 0.15) is 11.1 Å². The van der Waals surface area contributed by atoms with E-state index in [4.69, 9.17) is 0 Å². The molecule has 1 aliphatic heterocycles. The van der Waals surface area contributed by atoms with Crippen molar-refractivity contribution in [3.63, 3.8) is 0 Å². The van der Waals surface area contributed by atoms with Gasteiger partial charge in [-0.25, -0.2) is 0 Å². The average molecular weight is 384 g/mol. The zero-order valence-corrected chi connectivity index (χ0v) is 14.3. The number of benzene rings is 1. The molecule has 0 aliphatic carbocycles. The molecule has 5 heteroatoms. The lowest BCUT2D eigenvalue weighted by Crippen LogP contribution is -2.36. The number of H-pyrrole nitrogens is 1. The third-order valence-corrected chi connectivity index (χ3v) is 3.75. The number of para-hydroxylation sites is 1. The van der Waals surface area contributed by atoms with Gasteiger partial charge in [0.05, 0.1) is 6.54 Å². The average Bonchev–Trinajstić information content (AvgIpc) is 2.98. The van der Waals surface area contributed by atoms with Crippen LogP contribution in [-0.4, -0.2) is 42.5 Å². The highest BCUT2D eigenvalue weighted by atomic mass is 127. The molecular formula is C15H21IN4. The molecule has 0 amide bonds. The first-order valence-electron chi connectivity index (χ1n) is 6.81. The van der Waals surface area contributed by atoms with E-state index in [1.165, 1.54) is 22.0 Å². The van der Waals surface area contributed by atoms with Gasteiger partial charge in [-0.05, 0) is 24.5 Å². The van der Waals surface area contributed by atoms with Crippen molar-refractivity contribution in [2.45, 2.75) is 13.3 Å². The van der Waals surface area contributed by atoms with Crippen LogP contribution in [0.2, 0.25) is 0 Å². The maximum absolute atomic E-state index is 4.44. The third-order valence-electron chi connectivity index (χ3n) is 3.75. The van der Waals surface area contributed by atoms with Crippen molar-refractivity contribution in [3.8, 4) is 0 Å². The minimum absolute atomic E-state index is 0. The molecule has 2 N–H and O–H groups in total. The number of aromatic nitrogens is 1. The van der Waals surface area contributed by atoms with Crippen LogP contribution in [0.4, 0.5) is 0 Å². The Morgan fingerprint density at radius 2 is 2.25 bits per heavy atom. The molecule has 1 aromatic carbocycles. The Balaban J connectivity index is 0.00000147. The molecule has 0 saturated heterocycles. The fourth-order valence-corrected chi connectivity index (χ4v) is 2.60. The van der Waals surface area contributed by atoms with Gasteiger partial charge in [0.2, 0.25) is 0 Å². The Morgan fingerprint density at radius 1 is 1.40 bits per heavy atom. The summed E-state index contributed by atoms with van der Waals surface area (Å²) in [4.78, 5) is 9.98. The SMILES string of the molecule is Cc1cccc2c(CCNC3=NCCN3C)c[nH]c12.I. The summed E-state index contributed by atoms with van der Waals surface area (Å²) in [5, 5.41) is 4.75. The predicted octanol–water partition coefficient (Wildman–Crippen LogP) is 2.53. The number of aliphatic imine (C=N–C) groups is 1. The monoisotopic (exact) mass is 384 g/mol. The van der Waals surface area contributed by atoms with Gasteiger partial charge in [0.25, 0.3) is 0 Å². The van der Waals surface area contributed by atoms with E-state index in [1.54, 1.807) is 0 Å². The zero-order chi connectivity index (χ0) is 13.2. The van der Waals surface area contributed by atoms with Crippen molar-refractivity contribution in [3.05, 3.63) is 35.5 Å². The highest BCUT2D eigenvalue weighted by Gasteiger charge is 2.11. The predicted molar refractivity (Wildman–Crippen MR) is 95.1 cm³/mol. The zero-order valence-electron chi connectivity index (χ0n) is 11.9. The van der Waals surface area contributed by atoms with Gasteiger partial charge in [0.15, 0.2) is 5.96 Å². The molecule has 4 nitrogen and oxygen atoms in total. The molecule has 0 bridgehead atoms. The van der Waals surface area contributed by atoms with Gasteiger partial charge in [-0.3, -0.25) is 4.99 Å². The molecule has 20 heavy (non-hydrogen) atoms. The van der Waals surface area contributed by atoms with E-state index in [1.807, 2.05) is 0 Å². The number of aryl methyl sites for hydroxylation is 1. The van der Waals surface area contributed by atoms with Crippen molar-refractivity contribution in [1.29, 1.82) is 0 Å². The van der Waals surface area contributed by atoms with Crippen LogP contribution in [0, 0.1) is 6.92 Å². The van der Waals surface area contributed by atoms with E-state index in [0.29, 0.717) is 0 Å². The number of rotatable bonds is 3. The maximum Gasteiger partial charge on any atom is 0.193 e. The van der Waals surface area contributed by atoms with Crippen LogP contribution in [-0.2, 0) is 6.42 Å². The van der Waals surface area contributed by atoms with Crippen molar-refractivity contribution in [1.82, 2.24) is 15.2 Å². The molecular weight excluding hydrogens is 363 g/mol. The van der Waals surface area contributed by atoms with E-state index in [9.17, 15) is 0 Å². The number of fused-ring (bicyclic) bond motifs is 1. The highest BCUT2D eigenvalue weighted by Crippen LogP contribution is 2.21. The normalized spacial score (nSPS) is 14.3. The molecule has 2 aromatic rings. The van der Waals surface area contributed by atoms with Gasteiger partial charge >= 0.3 is 0 Å². The molecule has 0 fully saturated rings. The topological polar surface area (TPSA) is 43.4 Å². The Bertz CT molecular complexity index is 617. The fraction of sp³-hybridized carbons (Fsp3) is 0.400. The Hall–Kier alpha value is -1.24. The van der Waals surface area contributed by atoms with Crippen LogP contribution < -0.4 is 5.32 Å². The van der Waals surface area contributed by atoms with Gasteiger partial charge < -0.3 is 15.2 Å². The number of nitrogens with one attached hydrogen (secondary N) is 2. The van der Waals surface area contributed by atoms with Crippen molar-refractivity contribution in [2.75, 3.05) is 26.7 Å². The summed E-state index contributed by atoms with van der Waals surface area (Å²) in [7, 11) is 2.08. The van der Waals surface area contributed by atoms with Crippen molar-refractivity contribution in [2.24, 2.45) is 4.99 Å². The summed E-state index contributed by atoms with van der Waals surface area (Å²) in [6, 6.07) is 6.45. The lowest BCUT2D eigenvalue weighted by molar-refractivity contribution is 0.534. The second-order valence-corrected chi connectivity index (χ2v) is 5.12. The van der Waals surface area contributed by atoms with E-state index < -0.39 is 0 Å². The van der Waals surface area contributed by atoms with Crippen LogP contribution in [0.5, 0.6) is 0 Å². The van der Waals surface area contributed by atoms with Crippen molar-refractivity contribution < 1.29 is 0 Å². The van der Waals surface area contributed by atoms with Crippen LogP contribution >= 0.6 is 24.0 Å². The number of nitrogens with zero attached hydrogens (tertiary/aromatic N) is 2. The quantitative estimate of drug-likeness (QED) is 0.799. The molecule has 0 unspecified atom stereocenters. The minimum Gasteiger partial charge on any atom is -0.361 e. The largest absolute Gasteiger partial charge is 0.361 e. The first-order chi connectivity index (χ1) is 9.25. The highest BCUT2D eigenvalue weighted by molar-refractivity contribution is 14.0. The standard InChI is InChI=1S/C15H20N4.HI/c1-11-4-3-5-13-12(10-18-14(11)13)6-7-16-15-17-8-9-19(15)2;/h3-5,10,18H,6-9H2,1-2H3,(H,16,17);1H. The summed E-state index contributed by atoms with van der Waals surface area (Å²) in [6.07, 6.45) is 3.13. The molecule has 0 radical (unpaired) electrons. The van der Waals surface area contributed by atoms with Crippen LogP contribution in [0.15, 0.2) is 29.4 Å². The molecule has 3 rings (SSSR count). The lowest BCUT2D eigenvalue weighted by atomic mass is 10.1. The van der Waals surface area contributed by atoms with Gasteiger partial charge in [-0.15, -0.1) is 24.0 Å². The lowest BCUT2D eigenvalue weighted by Gasteiger charge is -2.14. The molecule has 0 atom stereocenters. The van der Waals surface area contributed by atoms with Crippen LogP contribution in [0.3, 0.4) is 0 Å². The van der Waals surface area contributed by atoms with Gasteiger partial charge in [-0.2, -0.15) is 0 Å². The molecule has 108 valence electrons. The summed E-state index contributed by atoms with van der Waals surface area (Å²) < 4.78 is 0. The number of hydrogen-bond donors (Lipinski definition) is 2. The minimum atomic E-state index is 0. The maximum atomic E-state index is 4.44. The van der Waals surface area contributed by atoms with E-state index in [2.05, 4.69) is 58.6 Å². The number of likely N-dealkylation sites (N-methyl/N-ethyl adjacent to an activating group) is 1. The second kappa shape index (κ2) is 6.47. The van der Waals surface area contributed by atoms with E-state index in [-0.39, 0.29) is 24.0 Å².